The minimum absolute atomic E-state index is 0.114. The lowest BCUT2D eigenvalue weighted by Crippen LogP contribution is -2.47. The van der Waals surface area contributed by atoms with Crippen molar-refractivity contribution >= 4 is 11.8 Å². The highest BCUT2D eigenvalue weighted by atomic mass is 19.1. The van der Waals surface area contributed by atoms with Gasteiger partial charge in [-0.25, -0.2) is 14.2 Å². The van der Waals surface area contributed by atoms with Gasteiger partial charge in [-0.2, -0.15) is 0 Å². The number of carbonyl (C=O) groups excluding carboxylic acids is 1. The van der Waals surface area contributed by atoms with E-state index in [1.54, 1.807) is 30.2 Å². The fourth-order valence-electron chi connectivity index (χ4n) is 3.88. The summed E-state index contributed by atoms with van der Waals surface area (Å²) in [5.41, 5.74) is 2.51. The highest BCUT2D eigenvalue weighted by Crippen LogP contribution is 2.24. The Labute approximate surface area is 170 Å². The van der Waals surface area contributed by atoms with Crippen LogP contribution in [-0.2, 0) is 11.3 Å². The Kier molecular flexibility index (Phi) is 5.94. The molecule has 1 atom stereocenters. The van der Waals surface area contributed by atoms with Gasteiger partial charge < -0.3 is 19.9 Å². The van der Waals surface area contributed by atoms with Gasteiger partial charge in [0.05, 0.1) is 13.2 Å². The minimum Gasteiger partial charge on any atom is -0.370 e. The van der Waals surface area contributed by atoms with E-state index in [4.69, 9.17) is 4.74 Å². The highest BCUT2D eigenvalue weighted by molar-refractivity contribution is 5.74. The number of halogens is 1. The van der Waals surface area contributed by atoms with Crippen molar-refractivity contribution in [3.05, 3.63) is 59.0 Å². The summed E-state index contributed by atoms with van der Waals surface area (Å²) in [6, 6.07) is 8.84. The third kappa shape index (κ3) is 4.67. The van der Waals surface area contributed by atoms with Crippen LogP contribution >= 0.6 is 0 Å². The molecule has 2 saturated heterocycles. The zero-order valence-corrected chi connectivity index (χ0v) is 16.7. The van der Waals surface area contributed by atoms with E-state index in [2.05, 4.69) is 21.3 Å². The third-order valence-electron chi connectivity index (χ3n) is 5.59. The molecule has 1 unspecified atom stereocenters. The molecule has 1 N–H and O–H groups in total. The number of hydrogen-bond acceptors (Lipinski definition) is 4. The van der Waals surface area contributed by atoms with Crippen LogP contribution in [0.5, 0.6) is 0 Å². The van der Waals surface area contributed by atoms with E-state index in [1.165, 1.54) is 18.9 Å². The molecule has 29 heavy (non-hydrogen) atoms. The molecule has 2 aliphatic heterocycles. The first kappa shape index (κ1) is 19.6. The molecular formula is C22H27FN4O2. The summed E-state index contributed by atoms with van der Waals surface area (Å²) < 4.78 is 19.4. The number of hydrogen-bond donors (Lipinski definition) is 1. The number of aromatic nitrogens is 1. The Hall–Kier alpha value is -2.67. The predicted molar refractivity (Wildman–Crippen MR) is 109 cm³/mol. The molecule has 1 aromatic carbocycles. The van der Waals surface area contributed by atoms with Crippen molar-refractivity contribution in [3.63, 3.8) is 0 Å². The van der Waals surface area contributed by atoms with E-state index < -0.39 is 0 Å². The summed E-state index contributed by atoms with van der Waals surface area (Å²) in [5, 5.41) is 3.00. The number of benzene rings is 1. The zero-order chi connectivity index (χ0) is 20.2. The van der Waals surface area contributed by atoms with Crippen LogP contribution in [0.4, 0.5) is 15.0 Å². The van der Waals surface area contributed by atoms with Crippen LogP contribution in [0.15, 0.2) is 36.5 Å². The maximum Gasteiger partial charge on any atom is 0.317 e. The van der Waals surface area contributed by atoms with Crippen molar-refractivity contribution in [2.45, 2.75) is 32.4 Å². The average Bonchev–Trinajstić information content (AvgIpc) is 3.29. The number of carbonyl (C=O) groups is 1. The standard InChI is InChI=1S/C22H27FN4O2/c1-16-12-18(4-5-19(16)23)20-15-27(10-11-29-20)22(28)25-14-17-6-7-24-21(13-17)26-8-2-3-9-26/h4-7,12-13,20H,2-3,8-11,14-15H2,1H3,(H,25,28). The number of pyridine rings is 1. The molecular weight excluding hydrogens is 371 g/mol. The number of nitrogens with one attached hydrogen (secondary N) is 1. The first-order valence-electron chi connectivity index (χ1n) is 10.2. The number of nitrogens with zero attached hydrogens (tertiary/aromatic N) is 3. The lowest BCUT2D eigenvalue weighted by atomic mass is 10.0. The molecule has 154 valence electrons. The topological polar surface area (TPSA) is 57.7 Å². The Morgan fingerprint density at radius 1 is 1.24 bits per heavy atom. The second kappa shape index (κ2) is 8.78. The van der Waals surface area contributed by atoms with Gasteiger partial charge in [0.2, 0.25) is 0 Å². The van der Waals surface area contributed by atoms with E-state index in [-0.39, 0.29) is 18.0 Å². The number of urea groups is 1. The molecule has 0 spiro atoms. The summed E-state index contributed by atoms with van der Waals surface area (Å²) >= 11 is 0. The van der Waals surface area contributed by atoms with Crippen molar-refractivity contribution in [1.82, 2.24) is 15.2 Å². The molecule has 0 radical (unpaired) electrons. The number of amides is 2. The van der Waals surface area contributed by atoms with Gasteiger partial charge in [-0.3, -0.25) is 0 Å². The number of rotatable bonds is 4. The number of aryl methyl sites for hydroxylation is 1. The first-order chi connectivity index (χ1) is 14.1. The predicted octanol–water partition coefficient (Wildman–Crippen LogP) is 3.41. The van der Waals surface area contributed by atoms with Crippen LogP contribution in [0.3, 0.4) is 0 Å². The molecule has 2 aliphatic rings. The molecule has 2 aromatic rings. The molecule has 2 fully saturated rings. The summed E-state index contributed by atoms with van der Waals surface area (Å²) in [6.07, 6.45) is 3.97. The van der Waals surface area contributed by atoms with Gasteiger partial charge in [0.25, 0.3) is 0 Å². The molecule has 6 nitrogen and oxygen atoms in total. The van der Waals surface area contributed by atoms with E-state index >= 15 is 0 Å². The van der Waals surface area contributed by atoms with Crippen LogP contribution in [0.1, 0.15) is 35.6 Å². The second-order valence-electron chi connectivity index (χ2n) is 7.69. The molecule has 3 heterocycles. The van der Waals surface area contributed by atoms with Gasteiger partial charge in [0.15, 0.2) is 0 Å². The second-order valence-corrected chi connectivity index (χ2v) is 7.69. The summed E-state index contributed by atoms with van der Waals surface area (Å²) in [5.74, 6) is 0.747. The lowest BCUT2D eigenvalue weighted by Gasteiger charge is -2.33. The Bertz CT molecular complexity index is 870. The highest BCUT2D eigenvalue weighted by Gasteiger charge is 2.25. The molecule has 1 aromatic heterocycles. The van der Waals surface area contributed by atoms with Gasteiger partial charge in [0, 0.05) is 32.4 Å². The van der Waals surface area contributed by atoms with Crippen molar-refractivity contribution in [3.8, 4) is 0 Å². The minimum atomic E-state index is -0.239. The van der Waals surface area contributed by atoms with Crippen molar-refractivity contribution < 1.29 is 13.9 Å². The Balaban J connectivity index is 1.34. The lowest BCUT2D eigenvalue weighted by molar-refractivity contribution is -0.0155. The van der Waals surface area contributed by atoms with Crippen molar-refractivity contribution in [2.24, 2.45) is 0 Å². The third-order valence-corrected chi connectivity index (χ3v) is 5.59. The molecule has 7 heteroatoms. The molecule has 0 saturated carbocycles. The number of ether oxygens (including phenoxy) is 1. The summed E-state index contributed by atoms with van der Waals surface area (Å²) in [4.78, 5) is 21.2. The monoisotopic (exact) mass is 398 g/mol. The van der Waals surface area contributed by atoms with E-state index in [0.29, 0.717) is 31.8 Å². The van der Waals surface area contributed by atoms with Gasteiger partial charge in [-0.1, -0.05) is 12.1 Å². The van der Waals surface area contributed by atoms with E-state index in [0.717, 1.165) is 30.0 Å². The van der Waals surface area contributed by atoms with Crippen LogP contribution in [0.25, 0.3) is 0 Å². The summed E-state index contributed by atoms with van der Waals surface area (Å²) in [6.45, 7) is 5.73. The largest absolute Gasteiger partial charge is 0.370 e. The Morgan fingerprint density at radius 2 is 2.07 bits per heavy atom. The van der Waals surface area contributed by atoms with Gasteiger partial charge in [0.1, 0.15) is 17.7 Å². The van der Waals surface area contributed by atoms with Crippen LogP contribution in [0.2, 0.25) is 0 Å². The fourth-order valence-corrected chi connectivity index (χ4v) is 3.88. The molecule has 4 rings (SSSR count). The van der Waals surface area contributed by atoms with Gasteiger partial charge in [-0.15, -0.1) is 0 Å². The summed E-state index contributed by atoms with van der Waals surface area (Å²) in [7, 11) is 0. The maximum absolute atomic E-state index is 13.5. The smallest absolute Gasteiger partial charge is 0.317 e. The van der Waals surface area contributed by atoms with E-state index in [9.17, 15) is 9.18 Å². The van der Waals surface area contributed by atoms with Gasteiger partial charge in [-0.05, 0) is 54.7 Å². The normalized spacial score (nSPS) is 19.4. The Morgan fingerprint density at radius 3 is 2.86 bits per heavy atom. The molecule has 2 amide bonds. The SMILES string of the molecule is Cc1cc(C2CN(C(=O)NCc3ccnc(N4CCCC4)c3)CCO2)ccc1F. The van der Waals surface area contributed by atoms with Crippen LogP contribution in [0, 0.1) is 12.7 Å². The molecule has 0 bridgehead atoms. The van der Waals surface area contributed by atoms with Crippen LogP contribution < -0.4 is 10.2 Å². The zero-order valence-electron chi connectivity index (χ0n) is 16.7. The first-order valence-corrected chi connectivity index (χ1v) is 10.2. The van der Waals surface area contributed by atoms with E-state index in [1.807, 2.05) is 6.07 Å². The maximum atomic E-state index is 13.5. The quantitative estimate of drug-likeness (QED) is 0.858. The van der Waals surface area contributed by atoms with Crippen molar-refractivity contribution in [2.75, 3.05) is 37.7 Å². The molecule has 0 aliphatic carbocycles. The van der Waals surface area contributed by atoms with Crippen LogP contribution in [-0.4, -0.2) is 48.7 Å². The average molecular weight is 398 g/mol. The number of anilines is 1. The fraction of sp³-hybridized carbons (Fsp3) is 0.455. The number of morpholine rings is 1. The van der Waals surface area contributed by atoms with Gasteiger partial charge >= 0.3 is 6.03 Å². The van der Waals surface area contributed by atoms with Crippen molar-refractivity contribution in [1.29, 1.82) is 0 Å².